The molecule has 1 aromatic heterocycles. The number of nitrogens with zero attached hydrogens (tertiary/aromatic N) is 3. The molecule has 5 N–H and O–H groups in total. The van der Waals surface area contributed by atoms with Gasteiger partial charge >= 0.3 is 0 Å². The number of H-pyrrole nitrogens is 1. The van der Waals surface area contributed by atoms with Crippen molar-refractivity contribution in [1.29, 1.82) is 0 Å². The van der Waals surface area contributed by atoms with Crippen LogP contribution in [0.2, 0.25) is 0 Å². The van der Waals surface area contributed by atoms with Crippen LogP contribution in [0.4, 0.5) is 0 Å². The zero-order valence-corrected chi connectivity index (χ0v) is 17.7. The molecule has 1 aromatic carbocycles. The molecule has 8 nitrogen and oxygen atoms in total. The number of hydrogen-bond donors (Lipinski definition) is 5. The van der Waals surface area contributed by atoms with Crippen LogP contribution in [0.5, 0.6) is 0 Å². The summed E-state index contributed by atoms with van der Waals surface area (Å²) in [5, 5.41) is 44.3. The largest absolute Gasteiger partial charge is 0.393 e. The van der Waals surface area contributed by atoms with E-state index in [1.807, 2.05) is 24.3 Å². The lowest BCUT2D eigenvalue weighted by molar-refractivity contribution is 0.108. The Morgan fingerprint density at radius 1 is 1.19 bits per heavy atom. The minimum atomic E-state index is -0.557. The normalized spacial score (nSPS) is 25.0. The Morgan fingerprint density at radius 3 is 2.77 bits per heavy atom. The van der Waals surface area contributed by atoms with Gasteiger partial charge in [-0.3, -0.25) is 0 Å². The lowest BCUT2D eigenvalue weighted by Gasteiger charge is -2.21. The number of aromatic amines is 1. The van der Waals surface area contributed by atoms with Gasteiger partial charge in [-0.05, 0) is 50.0 Å². The van der Waals surface area contributed by atoms with Gasteiger partial charge in [-0.15, -0.1) is 10.2 Å². The van der Waals surface area contributed by atoms with Crippen LogP contribution in [0.3, 0.4) is 0 Å². The van der Waals surface area contributed by atoms with E-state index < -0.39 is 12.2 Å². The molecule has 5 unspecified atom stereocenters. The van der Waals surface area contributed by atoms with E-state index >= 15 is 0 Å². The minimum absolute atomic E-state index is 0.00400. The highest BCUT2D eigenvalue weighted by Gasteiger charge is 2.40. The quantitative estimate of drug-likeness (QED) is 0.200. The van der Waals surface area contributed by atoms with E-state index in [4.69, 9.17) is 0 Å². The van der Waals surface area contributed by atoms with Crippen molar-refractivity contribution in [2.75, 3.05) is 0 Å². The zero-order valence-electron chi connectivity index (χ0n) is 17.7. The first-order valence-electron chi connectivity index (χ1n) is 11.0. The third-order valence-corrected chi connectivity index (χ3v) is 5.98. The van der Waals surface area contributed by atoms with Crippen molar-refractivity contribution in [3.8, 4) is 0 Å². The predicted molar refractivity (Wildman–Crippen MR) is 117 cm³/mol. The van der Waals surface area contributed by atoms with Crippen molar-refractivity contribution in [2.24, 2.45) is 11.8 Å². The number of benzene rings is 1. The molecule has 1 heterocycles. The molecule has 8 heteroatoms. The van der Waals surface area contributed by atoms with E-state index in [1.165, 1.54) is 5.56 Å². The molecule has 1 aliphatic rings. The van der Waals surface area contributed by atoms with Gasteiger partial charge in [-0.25, -0.2) is 5.48 Å². The average Bonchev–Trinajstić information content (AvgIpc) is 3.41. The first-order chi connectivity index (χ1) is 15.2. The first-order valence-corrected chi connectivity index (χ1v) is 11.0. The monoisotopic (exact) mass is 427 g/mol. The lowest BCUT2D eigenvalue weighted by Crippen LogP contribution is -2.30. The van der Waals surface area contributed by atoms with Crippen LogP contribution in [0.25, 0.3) is 0 Å². The summed E-state index contributed by atoms with van der Waals surface area (Å²) in [7, 11) is 0. The van der Waals surface area contributed by atoms with Crippen molar-refractivity contribution in [1.82, 2.24) is 26.1 Å². The van der Waals surface area contributed by atoms with Crippen LogP contribution >= 0.6 is 0 Å². The highest BCUT2D eigenvalue weighted by atomic mass is 16.5. The molecule has 168 valence electrons. The maximum absolute atomic E-state index is 10.5. The van der Waals surface area contributed by atoms with E-state index in [0.717, 1.165) is 32.1 Å². The Balaban J connectivity index is 1.47. The summed E-state index contributed by atoms with van der Waals surface area (Å²) in [6.45, 7) is 0. The molecule has 0 amide bonds. The zero-order chi connectivity index (χ0) is 21.9. The number of hydrogen-bond acceptors (Lipinski definition) is 7. The summed E-state index contributed by atoms with van der Waals surface area (Å²) in [4.78, 5) is 0. The van der Waals surface area contributed by atoms with Gasteiger partial charge in [0.05, 0.1) is 12.2 Å². The van der Waals surface area contributed by atoms with Crippen LogP contribution in [-0.4, -0.2) is 54.3 Å². The number of aliphatic hydroxyl groups excluding tert-OH is 2. The Labute approximate surface area is 183 Å². The maximum atomic E-state index is 10.5. The number of aromatic nitrogens is 4. The highest BCUT2D eigenvalue weighted by Crippen LogP contribution is 2.36. The lowest BCUT2D eigenvalue weighted by atomic mass is 9.89. The summed E-state index contributed by atoms with van der Waals surface area (Å²) in [5.74, 6) is 0.665. The Morgan fingerprint density at radius 2 is 2.03 bits per heavy atom. The van der Waals surface area contributed by atoms with Crippen LogP contribution < -0.4 is 5.48 Å². The number of aliphatic hydroxyl groups is 2. The van der Waals surface area contributed by atoms with E-state index in [1.54, 1.807) is 6.08 Å². The minimum Gasteiger partial charge on any atom is -0.393 e. The standard InChI is InChI=1S/C23H33N5O3/c29-18(13-12-17-8-4-3-5-9-17)14-15-19-20(22(30)16-21(19)26-31)10-6-1-2-7-11-23-24-27-28-25-23/h1,3-6,8-9,14-15,18-22,26,29-31H,2,7,10-13,16H2,(H,24,25,27,28). The number of hydroxylamine groups is 1. The molecule has 3 rings (SSSR count). The number of nitrogens with one attached hydrogen (secondary N) is 2. The van der Waals surface area contributed by atoms with Gasteiger partial charge in [0.2, 0.25) is 0 Å². The molecule has 0 spiro atoms. The van der Waals surface area contributed by atoms with Crippen molar-refractivity contribution in [3.63, 3.8) is 0 Å². The number of unbranched alkanes of at least 4 members (excludes halogenated alkanes) is 1. The molecule has 0 saturated heterocycles. The smallest absolute Gasteiger partial charge is 0.174 e. The molecule has 0 radical (unpaired) electrons. The number of allylic oxidation sites excluding steroid dienone is 2. The fraction of sp³-hybridized carbons (Fsp3) is 0.522. The highest BCUT2D eigenvalue weighted by molar-refractivity contribution is 5.15. The predicted octanol–water partition coefficient (Wildman–Crippen LogP) is 2.36. The fourth-order valence-corrected chi connectivity index (χ4v) is 4.23. The second-order valence-electron chi connectivity index (χ2n) is 8.18. The molecule has 1 aliphatic carbocycles. The number of tetrazole rings is 1. The molecule has 5 atom stereocenters. The van der Waals surface area contributed by atoms with Crippen LogP contribution in [0.15, 0.2) is 54.6 Å². The molecule has 2 aromatic rings. The van der Waals surface area contributed by atoms with E-state index in [2.05, 4.69) is 50.4 Å². The van der Waals surface area contributed by atoms with Gasteiger partial charge in [0.1, 0.15) is 0 Å². The van der Waals surface area contributed by atoms with Gasteiger partial charge < -0.3 is 15.4 Å². The SMILES string of the molecule is ONC1CC(O)C(CC=CCCCc2nn[nH]n2)C1C=CC(O)CCc1ccccc1. The maximum Gasteiger partial charge on any atom is 0.174 e. The second kappa shape index (κ2) is 12.5. The van der Waals surface area contributed by atoms with E-state index in [9.17, 15) is 15.4 Å². The van der Waals surface area contributed by atoms with Gasteiger partial charge in [0, 0.05) is 18.4 Å². The summed E-state index contributed by atoms with van der Waals surface area (Å²) >= 11 is 0. The fourth-order valence-electron chi connectivity index (χ4n) is 4.23. The van der Waals surface area contributed by atoms with Crippen LogP contribution in [0.1, 0.15) is 43.5 Å². The molecule has 0 bridgehead atoms. The van der Waals surface area contributed by atoms with Gasteiger partial charge in [0.25, 0.3) is 0 Å². The Kier molecular flexibility index (Phi) is 9.36. The van der Waals surface area contributed by atoms with Crippen molar-refractivity contribution in [3.05, 3.63) is 66.0 Å². The topological polar surface area (TPSA) is 127 Å². The summed E-state index contributed by atoms with van der Waals surface area (Å²) < 4.78 is 0. The molecular weight excluding hydrogens is 394 g/mol. The summed E-state index contributed by atoms with van der Waals surface area (Å²) in [6, 6.07) is 9.87. The Bertz CT molecular complexity index is 797. The van der Waals surface area contributed by atoms with Crippen molar-refractivity contribution < 1.29 is 15.4 Å². The second-order valence-corrected chi connectivity index (χ2v) is 8.18. The third-order valence-electron chi connectivity index (χ3n) is 5.98. The molecule has 1 saturated carbocycles. The molecule has 1 fully saturated rings. The summed E-state index contributed by atoms with van der Waals surface area (Å²) in [6.07, 6.45) is 12.2. The number of aryl methyl sites for hydroxylation is 2. The van der Waals surface area contributed by atoms with Gasteiger partial charge in [0.15, 0.2) is 5.82 Å². The van der Waals surface area contributed by atoms with E-state index in [0.29, 0.717) is 18.7 Å². The van der Waals surface area contributed by atoms with Gasteiger partial charge in [-0.2, -0.15) is 5.21 Å². The van der Waals surface area contributed by atoms with Crippen LogP contribution in [0, 0.1) is 11.8 Å². The average molecular weight is 428 g/mol. The summed E-state index contributed by atoms with van der Waals surface area (Å²) in [5.41, 5.74) is 3.54. The number of rotatable bonds is 12. The molecular formula is C23H33N5O3. The first kappa shape index (κ1) is 23.3. The van der Waals surface area contributed by atoms with Gasteiger partial charge in [-0.1, -0.05) is 59.8 Å². The third kappa shape index (κ3) is 7.36. The van der Waals surface area contributed by atoms with Crippen molar-refractivity contribution in [2.45, 2.75) is 63.2 Å². The molecule has 31 heavy (non-hydrogen) atoms. The van der Waals surface area contributed by atoms with Crippen LogP contribution in [-0.2, 0) is 12.8 Å². The van der Waals surface area contributed by atoms with Crippen molar-refractivity contribution >= 4 is 0 Å². The molecule has 0 aliphatic heterocycles. The Hall–Kier alpha value is -2.39. The van der Waals surface area contributed by atoms with E-state index in [-0.39, 0.29) is 17.9 Å².